The van der Waals surface area contributed by atoms with Crippen LogP contribution in [0.2, 0.25) is 0 Å². The Kier molecular flexibility index (Phi) is 1.80. The van der Waals surface area contributed by atoms with Gasteiger partial charge in [-0.25, -0.2) is 4.98 Å². The van der Waals surface area contributed by atoms with Crippen molar-refractivity contribution in [3.63, 3.8) is 0 Å². The molecule has 0 saturated heterocycles. The highest BCUT2D eigenvalue weighted by atomic mass is 16.4. The summed E-state index contributed by atoms with van der Waals surface area (Å²) in [5, 5.41) is 8.84. The van der Waals surface area contributed by atoms with Crippen molar-refractivity contribution in [3.8, 4) is 0 Å². The number of hydrogen-bond acceptors (Lipinski definition) is 3. The number of fused-ring (bicyclic) bond motifs is 1. The number of aliphatic carboxylic acids is 1. The van der Waals surface area contributed by atoms with Crippen LogP contribution in [-0.2, 0) is 4.79 Å². The molecule has 0 spiro atoms. The molecule has 1 aliphatic rings. The predicted molar refractivity (Wildman–Crippen MR) is 57.2 cm³/mol. The van der Waals surface area contributed by atoms with Crippen LogP contribution in [0, 0.1) is 12.8 Å². The molecule has 2 aromatic rings. The van der Waals surface area contributed by atoms with Gasteiger partial charge in [-0.05, 0) is 25.0 Å². The topological polar surface area (TPSA) is 63.3 Å². The van der Waals surface area contributed by atoms with E-state index in [1.54, 1.807) is 0 Å². The molecule has 1 N–H and O–H groups in total. The van der Waals surface area contributed by atoms with Gasteiger partial charge < -0.3 is 9.52 Å². The Bertz CT molecular complexity index is 573. The van der Waals surface area contributed by atoms with Gasteiger partial charge in [-0.2, -0.15) is 0 Å². The van der Waals surface area contributed by atoms with Crippen molar-refractivity contribution in [2.75, 3.05) is 0 Å². The van der Waals surface area contributed by atoms with Crippen molar-refractivity contribution < 1.29 is 14.3 Å². The molecule has 1 aliphatic carbocycles. The van der Waals surface area contributed by atoms with Gasteiger partial charge in [0.1, 0.15) is 5.52 Å². The summed E-state index contributed by atoms with van der Waals surface area (Å²) in [6.07, 6.45) is 0.640. The number of hydrogen-bond donors (Lipinski definition) is 1. The van der Waals surface area contributed by atoms with E-state index in [1.165, 1.54) is 0 Å². The van der Waals surface area contributed by atoms with Gasteiger partial charge in [-0.15, -0.1) is 0 Å². The molecule has 2 unspecified atom stereocenters. The Balaban J connectivity index is 2.01. The number of carbonyl (C=O) groups is 1. The highest BCUT2D eigenvalue weighted by Gasteiger charge is 2.47. The second-order valence-electron chi connectivity index (χ2n) is 4.26. The van der Waals surface area contributed by atoms with Crippen molar-refractivity contribution in [1.82, 2.24) is 4.98 Å². The van der Waals surface area contributed by atoms with E-state index >= 15 is 0 Å². The minimum Gasteiger partial charge on any atom is -0.481 e. The first-order chi connectivity index (χ1) is 7.66. The molecule has 0 radical (unpaired) electrons. The van der Waals surface area contributed by atoms with Crippen LogP contribution < -0.4 is 0 Å². The van der Waals surface area contributed by atoms with Crippen molar-refractivity contribution in [3.05, 3.63) is 29.7 Å². The van der Waals surface area contributed by atoms with Crippen LogP contribution in [0.4, 0.5) is 0 Å². The van der Waals surface area contributed by atoms with Crippen molar-refractivity contribution in [2.45, 2.75) is 19.3 Å². The molecule has 1 aromatic carbocycles. The van der Waals surface area contributed by atoms with Crippen LogP contribution in [0.25, 0.3) is 11.1 Å². The number of carboxylic acid groups (broad SMARTS) is 1. The molecule has 1 fully saturated rings. The Morgan fingerprint density at radius 1 is 1.56 bits per heavy atom. The van der Waals surface area contributed by atoms with E-state index in [4.69, 9.17) is 9.52 Å². The van der Waals surface area contributed by atoms with Gasteiger partial charge in [-0.1, -0.05) is 12.1 Å². The second kappa shape index (κ2) is 3.07. The molecule has 82 valence electrons. The largest absolute Gasteiger partial charge is 0.481 e. The summed E-state index contributed by atoms with van der Waals surface area (Å²) in [6, 6.07) is 5.76. The average molecular weight is 217 g/mol. The van der Waals surface area contributed by atoms with Crippen molar-refractivity contribution >= 4 is 17.1 Å². The zero-order chi connectivity index (χ0) is 11.3. The zero-order valence-electron chi connectivity index (χ0n) is 8.80. The molecular weight excluding hydrogens is 206 g/mol. The number of rotatable bonds is 2. The molecule has 3 rings (SSSR count). The van der Waals surface area contributed by atoms with Gasteiger partial charge in [0.05, 0.1) is 5.92 Å². The van der Waals surface area contributed by atoms with Crippen LogP contribution in [0.15, 0.2) is 22.6 Å². The lowest BCUT2D eigenvalue weighted by molar-refractivity contribution is -0.138. The van der Waals surface area contributed by atoms with E-state index < -0.39 is 5.97 Å². The fraction of sp³-hybridized carbons (Fsp3) is 0.333. The van der Waals surface area contributed by atoms with Crippen molar-refractivity contribution in [2.24, 2.45) is 5.92 Å². The maximum atomic E-state index is 10.8. The Morgan fingerprint density at radius 3 is 3.00 bits per heavy atom. The second-order valence-corrected chi connectivity index (χ2v) is 4.26. The lowest BCUT2D eigenvalue weighted by Gasteiger charge is -1.90. The fourth-order valence-corrected chi connectivity index (χ4v) is 2.00. The third-order valence-electron chi connectivity index (χ3n) is 3.05. The van der Waals surface area contributed by atoms with E-state index in [2.05, 4.69) is 4.98 Å². The van der Waals surface area contributed by atoms with Crippen LogP contribution in [0.5, 0.6) is 0 Å². The van der Waals surface area contributed by atoms with Gasteiger partial charge >= 0.3 is 5.97 Å². The summed E-state index contributed by atoms with van der Waals surface area (Å²) in [5.74, 6) is -0.543. The SMILES string of the molecule is Cc1cccc2nc(C3CC3C(=O)O)oc12. The molecule has 0 aliphatic heterocycles. The number of benzene rings is 1. The molecule has 16 heavy (non-hydrogen) atoms. The zero-order valence-corrected chi connectivity index (χ0v) is 8.80. The molecule has 0 bridgehead atoms. The first-order valence-electron chi connectivity index (χ1n) is 5.25. The van der Waals surface area contributed by atoms with Gasteiger partial charge in [0.25, 0.3) is 0 Å². The monoisotopic (exact) mass is 217 g/mol. The first kappa shape index (κ1) is 9.39. The maximum Gasteiger partial charge on any atom is 0.307 e. The smallest absolute Gasteiger partial charge is 0.307 e. The third-order valence-corrected chi connectivity index (χ3v) is 3.05. The number of aryl methyl sites for hydroxylation is 1. The minimum atomic E-state index is -0.760. The van der Waals surface area contributed by atoms with E-state index in [9.17, 15) is 4.79 Å². The lowest BCUT2D eigenvalue weighted by Crippen LogP contribution is -1.98. The van der Waals surface area contributed by atoms with E-state index in [0.717, 1.165) is 16.7 Å². The molecule has 1 saturated carbocycles. The van der Waals surface area contributed by atoms with Crippen LogP contribution in [0.1, 0.15) is 23.8 Å². The standard InChI is InChI=1S/C12H11NO3/c1-6-3-2-4-9-10(6)16-11(13-9)7-5-8(7)12(14)15/h2-4,7-8H,5H2,1H3,(H,14,15). The minimum absolute atomic E-state index is 0.0377. The number of carboxylic acids is 1. The molecule has 1 aromatic heterocycles. The maximum absolute atomic E-state index is 10.8. The Labute approximate surface area is 91.9 Å². The highest BCUT2D eigenvalue weighted by Crippen LogP contribution is 2.47. The summed E-state index contributed by atoms with van der Waals surface area (Å²) in [7, 11) is 0. The van der Waals surface area contributed by atoms with Gasteiger partial charge in [0.15, 0.2) is 11.5 Å². The molecule has 2 atom stereocenters. The summed E-state index contributed by atoms with van der Waals surface area (Å²) in [4.78, 5) is 15.1. The van der Waals surface area contributed by atoms with E-state index in [-0.39, 0.29) is 11.8 Å². The van der Waals surface area contributed by atoms with E-state index in [0.29, 0.717) is 12.3 Å². The van der Waals surface area contributed by atoms with Crippen LogP contribution in [-0.4, -0.2) is 16.1 Å². The summed E-state index contributed by atoms with van der Waals surface area (Å²) >= 11 is 0. The average Bonchev–Trinajstić information content (AvgIpc) is 2.92. The molecule has 0 amide bonds. The first-order valence-corrected chi connectivity index (χ1v) is 5.25. The predicted octanol–water partition coefficient (Wildman–Crippen LogP) is 2.32. The molecule has 4 heteroatoms. The Hall–Kier alpha value is -1.84. The summed E-state index contributed by atoms with van der Waals surface area (Å²) in [5.41, 5.74) is 2.61. The Morgan fingerprint density at radius 2 is 2.38 bits per heavy atom. The fourth-order valence-electron chi connectivity index (χ4n) is 2.00. The quantitative estimate of drug-likeness (QED) is 0.838. The van der Waals surface area contributed by atoms with Gasteiger partial charge in [0, 0.05) is 5.92 Å². The summed E-state index contributed by atoms with van der Waals surface area (Å²) in [6.45, 7) is 1.96. The van der Waals surface area contributed by atoms with Crippen LogP contribution in [0.3, 0.4) is 0 Å². The molecule has 4 nitrogen and oxygen atoms in total. The molecular formula is C12H11NO3. The highest BCUT2D eigenvalue weighted by molar-refractivity contribution is 5.78. The van der Waals surface area contributed by atoms with Crippen LogP contribution >= 0.6 is 0 Å². The lowest BCUT2D eigenvalue weighted by atomic mass is 10.2. The van der Waals surface area contributed by atoms with E-state index in [1.807, 2.05) is 25.1 Å². The van der Waals surface area contributed by atoms with Gasteiger partial charge in [0.2, 0.25) is 0 Å². The van der Waals surface area contributed by atoms with Crippen molar-refractivity contribution in [1.29, 1.82) is 0 Å². The molecule has 1 heterocycles. The number of nitrogens with zero attached hydrogens (tertiary/aromatic N) is 1. The summed E-state index contributed by atoms with van der Waals surface area (Å²) < 4.78 is 5.63. The normalized spacial score (nSPS) is 23.6. The number of oxazole rings is 1. The number of aromatic nitrogens is 1. The van der Waals surface area contributed by atoms with Gasteiger partial charge in [-0.3, -0.25) is 4.79 Å². The number of para-hydroxylation sites is 1. The third kappa shape index (κ3) is 1.30.